The van der Waals surface area contributed by atoms with E-state index in [2.05, 4.69) is 4.98 Å². The summed E-state index contributed by atoms with van der Waals surface area (Å²) < 4.78 is 1.19. The van der Waals surface area contributed by atoms with E-state index in [0.717, 1.165) is 6.42 Å². The Bertz CT molecular complexity index is 972. The molecule has 3 rings (SSSR count). The molecule has 21 heavy (non-hydrogen) atoms. The van der Waals surface area contributed by atoms with Gasteiger partial charge in [0.15, 0.2) is 0 Å². The Balaban J connectivity index is 2.40. The van der Waals surface area contributed by atoms with Crippen molar-refractivity contribution in [1.29, 1.82) is 0 Å². The lowest BCUT2D eigenvalue weighted by molar-refractivity contribution is 0.457. The van der Waals surface area contributed by atoms with Gasteiger partial charge in [0.1, 0.15) is 0 Å². The molecule has 0 saturated heterocycles. The van der Waals surface area contributed by atoms with Gasteiger partial charge in [-0.25, -0.2) is 0 Å². The third kappa shape index (κ3) is 1.86. The lowest BCUT2D eigenvalue weighted by Crippen LogP contribution is -2.28. The molecule has 0 aliphatic heterocycles. The lowest BCUT2D eigenvalue weighted by atomic mass is 10.1. The van der Waals surface area contributed by atoms with Crippen LogP contribution in [0.1, 0.15) is 20.3 Å². The molecule has 2 aromatic heterocycles. The third-order valence-electron chi connectivity index (χ3n) is 4.02. The van der Waals surface area contributed by atoms with Crippen molar-refractivity contribution in [2.75, 3.05) is 0 Å². The molecule has 0 fully saturated rings. The third-order valence-corrected chi connectivity index (χ3v) is 4.02. The average molecular weight is 286 g/mol. The van der Waals surface area contributed by atoms with E-state index >= 15 is 0 Å². The molecule has 0 saturated carbocycles. The smallest absolute Gasteiger partial charge is 0.261 e. The number of aromatic amines is 1. The number of nitrogens with one attached hydrogen (secondary N) is 1. The summed E-state index contributed by atoms with van der Waals surface area (Å²) in [4.78, 5) is 50.1. The van der Waals surface area contributed by atoms with Crippen molar-refractivity contribution in [3.8, 4) is 0 Å². The fourth-order valence-electron chi connectivity index (χ4n) is 2.56. The van der Waals surface area contributed by atoms with E-state index < -0.39 is 22.2 Å². The minimum absolute atomic E-state index is 0.158. The molecule has 2 heterocycles. The lowest BCUT2D eigenvalue weighted by Gasteiger charge is -2.06. The van der Waals surface area contributed by atoms with Crippen LogP contribution in [0.2, 0.25) is 0 Å². The van der Waals surface area contributed by atoms with Crippen LogP contribution in [0.4, 0.5) is 0 Å². The first-order valence-electron chi connectivity index (χ1n) is 6.84. The summed E-state index contributed by atoms with van der Waals surface area (Å²) in [5, 5.41) is 0.717. The Morgan fingerprint density at radius 1 is 0.952 bits per heavy atom. The minimum Gasteiger partial charge on any atom is -0.288 e. The molecule has 6 heteroatoms. The van der Waals surface area contributed by atoms with Crippen LogP contribution in [0.5, 0.6) is 0 Å². The molecule has 0 amide bonds. The van der Waals surface area contributed by atoms with Crippen LogP contribution in [0.3, 0.4) is 0 Å². The second-order valence-corrected chi connectivity index (χ2v) is 5.46. The van der Waals surface area contributed by atoms with Crippen molar-refractivity contribution in [3.63, 3.8) is 0 Å². The second kappa shape index (κ2) is 4.51. The molecule has 0 spiro atoms. The zero-order valence-electron chi connectivity index (χ0n) is 11.7. The maximum absolute atomic E-state index is 12.3. The van der Waals surface area contributed by atoms with Crippen LogP contribution in [0, 0.1) is 5.92 Å². The van der Waals surface area contributed by atoms with Crippen molar-refractivity contribution in [2.24, 2.45) is 5.92 Å². The highest BCUT2D eigenvalue weighted by atomic mass is 16.2. The monoisotopic (exact) mass is 286 g/mol. The van der Waals surface area contributed by atoms with E-state index in [4.69, 9.17) is 0 Å². The summed E-state index contributed by atoms with van der Waals surface area (Å²) >= 11 is 0. The Morgan fingerprint density at radius 2 is 1.43 bits per heavy atom. The van der Waals surface area contributed by atoms with E-state index in [9.17, 15) is 19.2 Å². The molecule has 1 N–H and O–H groups in total. The van der Waals surface area contributed by atoms with Gasteiger partial charge in [-0.05, 0) is 18.1 Å². The zero-order chi connectivity index (χ0) is 15.3. The van der Waals surface area contributed by atoms with E-state index in [1.807, 2.05) is 13.8 Å². The van der Waals surface area contributed by atoms with Crippen LogP contribution in [0.25, 0.3) is 21.5 Å². The summed E-state index contributed by atoms with van der Waals surface area (Å²) in [6.45, 7) is 4.29. The van der Waals surface area contributed by atoms with Crippen molar-refractivity contribution in [3.05, 3.63) is 53.5 Å². The van der Waals surface area contributed by atoms with Crippen molar-refractivity contribution in [1.82, 2.24) is 9.55 Å². The van der Waals surface area contributed by atoms with Crippen LogP contribution in [0.15, 0.2) is 31.3 Å². The highest BCUT2D eigenvalue weighted by molar-refractivity contribution is 5.97. The number of fused-ring (bicyclic) bond motifs is 2. The molecular weight excluding hydrogens is 272 g/mol. The van der Waals surface area contributed by atoms with Crippen LogP contribution in [-0.4, -0.2) is 9.55 Å². The van der Waals surface area contributed by atoms with Crippen molar-refractivity contribution >= 4 is 21.5 Å². The van der Waals surface area contributed by atoms with Gasteiger partial charge in [0.05, 0.1) is 21.5 Å². The standard InChI is InChI=1S/C15H14N2O4/c1-3-7(2)6-17-14(20)10-4-8-9(5-11(10)15(17)21)13(19)16-12(8)18/h4-5,7H,3,6H2,1-2H3,(H,16,18,19). The van der Waals surface area contributed by atoms with Gasteiger partial charge in [0.25, 0.3) is 22.2 Å². The van der Waals surface area contributed by atoms with Crippen molar-refractivity contribution in [2.45, 2.75) is 26.8 Å². The van der Waals surface area contributed by atoms with Gasteiger partial charge < -0.3 is 0 Å². The predicted octanol–water partition coefficient (Wildman–Crippen LogP) is 0.485. The highest BCUT2D eigenvalue weighted by Gasteiger charge is 2.17. The number of hydrogen-bond acceptors (Lipinski definition) is 4. The summed E-state index contributed by atoms with van der Waals surface area (Å²) in [7, 11) is 0. The predicted molar refractivity (Wildman–Crippen MR) is 80.7 cm³/mol. The van der Waals surface area contributed by atoms with Gasteiger partial charge in [0.2, 0.25) is 0 Å². The number of rotatable bonds is 3. The Morgan fingerprint density at radius 3 is 1.86 bits per heavy atom. The Labute approximate surface area is 118 Å². The van der Waals surface area contributed by atoms with Gasteiger partial charge in [0, 0.05) is 6.54 Å². The van der Waals surface area contributed by atoms with Crippen LogP contribution >= 0.6 is 0 Å². The molecule has 0 aliphatic rings. The van der Waals surface area contributed by atoms with Gasteiger partial charge in [-0.3, -0.25) is 28.7 Å². The second-order valence-electron chi connectivity index (χ2n) is 5.46. The summed E-state index contributed by atoms with van der Waals surface area (Å²) in [5.41, 5.74) is -1.85. The van der Waals surface area contributed by atoms with Gasteiger partial charge in [-0.1, -0.05) is 20.3 Å². The quantitative estimate of drug-likeness (QED) is 0.758. The van der Waals surface area contributed by atoms with Gasteiger partial charge in [-0.2, -0.15) is 0 Å². The van der Waals surface area contributed by atoms with Crippen LogP contribution < -0.4 is 22.2 Å². The summed E-state index contributed by atoms with van der Waals surface area (Å²) in [6.07, 6.45) is 0.852. The number of hydrogen-bond donors (Lipinski definition) is 1. The first-order chi connectivity index (χ1) is 9.93. The van der Waals surface area contributed by atoms with Crippen LogP contribution in [-0.2, 0) is 6.54 Å². The molecule has 1 unspecified atom stereocenters. The van der Waals surface area contributed by atoms with Gasteiger partial charge >= 0.3 is 0 Å². The normalized spacial score (nSPS) is 13.2. The molecular formula is C15H14N2O4. The van der Waals surface area contributed by atoms with E-state index in [-0.39, 0.29) is 27.5 Å². The molecule has 6 nitrogen and oxygen atoms in total. The Hall–Kier alpha value is -2.50. The number of nitrogens with zero attached hydrogens (tertiary/aromatic N) is 1. The molecule has 0 radical (unpaired) electrons. The number of H-pyrrole nitrogens is 1. The van der Waals surface area contributed by atoms with E-state index in [1.54, 1.807) is 0 Å². The molecule has 3 aromatic rings. The maximum Gasteiger partial charge on any atom is 0.261 e. The van der Waals surface area contributed by atoms with Gasteiger partial charge in [-0.15, -0.1) is 0 Å². The molecule has 0 bridgehead atoms. The number of benzene rings is 1. The summed E-state index contributed by atoms with van der Waals surface area (Å²) in [6, 6.07) is 2.70. The molecule has 108 valence electrons. The first kappa shape index (κ1) is 13.5. The highest BCUT2D eigenvalue weighted by Crippen LogP contribution is 2.14. The SMILES string of the molecule is CCC(C)Cn1c(=O)c2cc3c(=O)[nH]c(=O)c3cc2c1=O. The largest absolute Gasteiger partial charge is 0.288 e. The molecule has 1 aromatic carbocycles. The van der Waals surface area contributed by atoms with E-state index in [1.165, 1.54) is 16.7 Å². The topological polar surface area (TPSA) is 89.0 Å². The average Bonchev–Trinajstić information content (AvgIpc) is 2.87. The summed E-state index contributed by atoms with van der Waals surface area (Å²) in [5.74, 6) is 0.198. The first-order valence-corrected chi connectivity index (χ1v) is 6.84. The van der Waals surface area contributed by atoms with Crippen molar-refractivity contribution < 1.29 is 0 Å². The number of aromatic nitrogens is 2. The zero-order valence-corrected chi connectivity index (χ0v) is 11.7. The minimum atomic E-state index is -0.529. The maximum atomic E-state index is 12.3. The fourth-order valence-corrected chi connectivity index (χ4v) is 2.56. The fraction of sp³-hybridized carbons (Fsp3) is 0.333. The van der Waals surface area contributed by atoms with E-state index in [0.29, 0.717) is 6.54 Å². The molecule has 1 atom stereocenters. The molecule has 0 aliphatic carbocycles. The Kier molecular flexibility index (Phi) is 2.90.